The molecule has 102 valence electrons. The molecule has 0 bridgehead atoms. The quantitative estimate of drug-likeness (QED) is 0.762. The van der Waals surface area contributed by atoms with Gasteiger partial charge < -0.3 is 14.8 Å². The molecule has 18 heavy (non-hydrogen) atoms. The highest BCUT2D eigenvalue weighted by molar-refractivity contribution is 6.33. The molecule has 1 rings (SSSR count). The molecule has 0 radical (unpaired) electrons. The summed E-state index contributed by atoms with van der Waals surface area (Å²) >= 11 is 6.20. The summed E-state index contributed by atoms with van der Waals surface area (Å²) < 4.78 is 11.4. The highest BCUT2D eigenvalue weighted by Crippen LogP contribution is 2.36. The Morgan fingerprint density at radius 1 is 1.00 bits per heavy atom. The van der Waals surface area contributed by atoms with Crippen molar-refractivity contribution in [3.63, 3.8) is 0 Å². The summed E-state index contributed by atoms with van der Waals surface area (Å²) in [5.74, 6) is 1.47. The van der Waals surface area contributed by atoms with Gasteiger partial charge in [-0.1, -0.05) is 25.4 Å². The van der Waals surface area contributed by atoms with Crippen LogP contribution in [0.25, 0.3) is 0 Å². The molecule has 0 amide bonds. The number of nitrogens with one attached hydrogen (secondary N) is 1. The summed E-state index contributed by atoms with van der Waals surface area (Å²) in [4.78, 5) is 0. The predicted octanol–water partition coefficient (Wildman–Crippen LogP) is 4.35. The summed E-state index contributed by atoms with van der Waals surface area (Å²) in [5, 5.41) is 3.87. The Morgan fingerprint density at radius 3 is 2.06 bits per heavy atom. The van der Waals surface area contributed by atoms with E-state index in [4.69, 9.17) is 21.1 Å². The molecule has 0 spiro atoms. The van der Waals surface area contributed by atoms with Crippen LogP contribution in [0.3, 0.4) is 0 Å². The minimum atomic E-state index is 0.659. The smallest absolute Gasteiger partial charge is 0.163 e. The number of hydrogen-bond donors (Lipinski definition) is 1. The van der Waals surface area contributed by atoms with Gasteiger partial charge in [0.1, 0.15) is 0 Å². The van der Waals surface area contributed by atoms with Crippen molar-refractivity contribution in [1.82, 2.24) is 0 Å². The fraction of sp³-hybridized carbons (Fsp3) is 0.571. The fourth-order valence-corrected chi connectivity index (χ4v) is 1.73. The molecule has 0 aliphatic heterocycles. The SMILES string of the molecule is CCCOc1cc(Cl)c(NCC)cc1OCCC. The molecule has 0 fully saturated rings. The Hall–Kier alpha value is -1.09. The maximum absolute atomic E-state index is 6.20. The number of rotatable bonds is 8. The van der Waals surface area contributed by atoms with Crippen molar-refractivity contribution in [2.75, 3.05) is 25.1 Å². The lowest BCUT2D eigenvalue weighted by Crippen LogP contribution is -2.03. The van der Waals surface area contributed by atoms with E-state index < -0.39 is 0 Å². The summed E-state index contributed by atoms with van der Waals surface area (Å²) in [7, 11) is 0. The van der Waals surface area contributed by atoms with E-state index in [9.17, 15) is 0 Å². The van der Waals surface area contributed by atoms with E-state index in [1.165, 1.54) is 0 Å². The standard InChI is InChI=1S/C14H22ClNO2/c1-4-7-17-13-9-11(15)12(16-6-3)10-14(13)18-8-5-2/h9-10,16H,4-8H2,1-3H3. The van der Waals surface area contributed by atoms with Crippen LogP contribution in [0.15, 0.2) is 12.1 Å². The van der Waals surface area contributed by atoms with E-state index in [0.29, 0.717) is 18.2 Å². The maximum atomic E-state index is 6.20. The lowest BCUT2D eigenvalue weighted by Gasteiger charge is -2.15. The third-order valence-corrected chi connectivity index (χ3v) is 2.64. The van der Waals surface area contributed by atoms with Gasteiger partial charge >= 0.3 is 0 Å². The molecule has 0 atom stereocenters. The second-order valence-corrected chi connectivity index (χ2v) is 4.41. The number of hydrogen-bond acceptors (Lipinski definition) is 3. The van der Waals surface area contributed by atoms with E-state index in [1.54, 1.807) is 0 Å². The Bertz CT molecular complexity index is 369. The van der Waals surface area contributed by atoms with Crippen molar-refractivity contribution in [3.8, 4) is 11.5 Å². The zero-order valence-electron chi connectivity index (χ0n) is 11.4. The molecule has 0 aromatic heterocycles. The van der Waals surface area contributed by atoms with Gasteiger partial charge in [0.15, 0.2) is 11.5 Å². The van der Waals surface area contributed by atoms with Gasteiger partial charge in [0, 0.05) is 18.7 Å². The normalized spacial score (nSPS) is 10.2. The third kappa shape index (κ3) is 4.30. The monoisotopic (exact) mass is 271 g/mol. The minimum absolute atomic E-state index is 0.659. The van der Waals surface area contributed by atoms with Crippen molar-refractivity contribution in [2.45, 2.75) is 33.6 Å². The van der Waals surface area contributed by atoms with E-state index in [0.717, 1.165) is 36.6 Å². The van der Waals surface area contributed by atoms with Crippen LogP contribution in [0.5, 0.6) is 11.5 Å². The van der Waals surface area contributed by atoms with Gasteiger partial charge in [-0.3, -0.25) is 0 Å². The second-order valence-electron chi connectivity index (χ2n) is 4.01. The van der Waals surface area contributed by atoms with Crippen molar-refractivity contribution in [1.29, 1.82) is 0 Å². The lowest BCUT2D eigenvalue weighted by atomic mass is 10.2. The largest absolute Gasteiger partial charge is 0.490 e. The van der Waals surface area contributed by atoms with Crippen molar-refractivity contribution < 1.29 is 9.47 Å². The predicted molar refractivity (Wildman–Crippen MR) is 77.2 cm³/mol. The topological polar surface area (TPSA) is 30.5 Å². The van der Waals surface area contributed by atoms with Crippen LogP contribution >= 0.6 is 11.6 Å². The van der Waals surface area contributed by atoms with Crippen LogP contribution in [0.1, 0.15) is 33.6 Å². The molecule has 3 nitrogen and oxygen atoms in total. The van der Waals surface area contributed by atoms with Gasteiger partial charge in [0.25, 0.3) is 0 Å². The lowest BCUT2D eigenvalue weighted by molar-refractivity contribution is 0.268. The molecule has 1 aromatic carbocycles. The van der Waals surface area contributed by atoms with E-state index in [1.807, 2.05) is 19.1 Å². The Morgan fingerprint density at radius 2 is 1.56 bits per heavy atom. The average molecular weight is 272 g/mol. The first-order valence-electron chi connectivity index (χ1n) is 6.55. The summed E-state index contributed by atoms with van der Waals surface area (Å²) in [6, 6.07) is 3.73. The zero-order valence-corrected chi connectivity index (χ0v) is 12.1. The molecule has 0 unspecified atom stereocenters. The molecule has 0 aliphatic carbocycles. The molecule has 0 heterocycles. The molecule has 0 saturated heterocycles. The van der Waals surface area contributed by atoms with Crippen LogP contribution in [-0.4, -0.2) is 19.8 Å². The first kappa shape index (κ1) is 15.0. The first-order chi connectivity index (χ1) is 8.72. The average Bonchev–Trinajstić information content (AvgIpc) is 2.37. The maximum Gasteiger partial charge on any atom is 0.163 e. The minimum Gasteiger partial charge on any atom is -0.490 e. The van der Waals surface area contributed by atoms with Crippen LogP contribution in [0.4, 0.5) is 5.69 Å². The number of anilines is 1. The van der Waals surface area contributed by atoms with Crippen molar-refractivity contribution in [3.05, 3.63) is 17.2 Å². The molecule has 0 saturated carbocycles. The van der Waals surface area contributed by atoms with Crippen LogP contribution in [0.2, 0.25) is 5.02 Å². The van der Waals surface area contributed by atoms with E-state index >= 15 is 0 Å². The van der Waals surface area contributed by atoms with E-state index in [-0.39, 0.29) is 0 Å². The number of ether oxygens (including phenoxy) is 2. The highest BCUT2D eigenvalue weighted by atomic mass is 35.5. The van der Waals surface area contributed by atoms with Gasteiger partial charge in [-0.25, -0.2) is 0 Å². The summed E-state index contributed by atoms with van der Waals surface area (Å²) in [6.07, 6.45) is 1.92. The fourth-order valence-electron chi connectivity index (χ4n) is 1.51. The Labute approximate surface area is 114 Å². The molecular weight excluding hydrogens is 250 g/mol. The van der Waals surface area contributed by atoms with Gasteiger partial charge in [-0.15, -0.1) is 0 Å². The van der Waals surface area contributed by atoms with E-state index in [2.05, 4.69) is 19.2 Å². The number of halogens is 1. The van der Waals surface area contributed by atoms with Gasteiger partial charge in [0.05, 0.1) is 23.9 Å². The van der Waals surface area contributed by atoms with Gasteiger partial charge in [-0.05, 0) is 19.8 Å². The van der Waals surface area contributed by atoms with Crippen LogP contribution < -0.4 is 14.8 Å². The van der Waals surface area contributed by atoms with Crippen molar-refractivity contribution >= 4 is 17.3 Å². The molecule has 4 heteroatoms. The van der Waals surface area contributed by atoms with Crippen LogP contribution in [0, 0.1) is 0 Å². The highest BCUT2D eigenvalue weighted by Gasteiger charge is 2.10. The Kier molecular flexibility index (Phi) is 6.73. The summed E-state index contributed by atoms with van der Waals surface area (Å²) in [5.41, 5.74) is 0.883. The molecule has 1 aromatic rings. The summed E-state index contributed by atoms with van der Waals surface area (Å²) in [6.45, 7) is 8.34. The van der Waals surface area contributed by atoms with Gasteiger partial charge in [0.2, 0.25) is 0 Å². The third-order valence-electron chi connectivity index (χ3n) is 2.32. The second kappa shape index (κ2) is 8.09. The van der Waals surface area contributed by atoms with Gasteiger partial charge in [-0.2, -0.15) is 0 Å². The van der Waals surface area contributed by atoms with Crippen molar-refractivity contribution in [2.24, 2.45) is 0 Å². The zero-order chi connectivity index (χ0) is 13.4. The number of benzene rings is 1. The molecule has 1 N–H and O–H groups in total. The molecular formula is C14H22ClNO2. The Balaban J connectivity index is 2.94. The molecule has 0 aliphatic rings. The van der Waals surface area contributed by atoms with Crippen LogP contribution in [-0.2, 0) is 0 Å². The first-order valence-corrected chi connectivity index (χ1v) is 6.93.